The average molecular weight is 234 g/mol. The van der Waals surface area contributed by atoms with E-state index in [9.17, 15) is 4.79 Å². The molecule has 0 heterocycles. The lowest BCUT2D eigenvalue weighted by Crippen LogP contribution is -2.43. The van der Waals surface area contributed by atoms with Gasteiger partial charge in [0.15, 0.2) is 0 Å². The van der Waals surface area contributed by atoms with Crippen molar-refractivity contribution in [3.05, 3.63) is 29.8 Å². The summed E-state index contributed by atoms with van der Waals surface area (Å²) in [4.78, 5) is 11.6. The van der Waals surface area contributed by atoms with Crippen molar-refractivity contribution in [2.45, 2.75) is 18.4 Å². The van der Waals surface area contributed by atoms with Gasteiger partial charge in [0.25, 0.3) is 0 Å². The number of hydrogen-bond acceptors (Lipinski definition) is 3. The third-order valence-corrected chi connectivity index (χ3v) is 3.00. The first-order valence-electron chi connectivity index (χ1n) is 5.78. The van der Waals surface area contributed by atoms with E-state index < -0.39 is 0 Å². The van der Waals surface area contributed by atoms with E-state index in [1.165, 1.54) is 0 Å². The number of urea groups is 1. The number of rotatable bonds is 4. The second-order valence-corrected chi connectivity index (χ2v) is 4.37. The van der Waals surface area contributed by atoms with Crippen LogP contribution in [0.5, 0.6) is 0 Å². The molecule has 2 rings (SSSR count). The van der Waals surface area contributed by atoms with Gasteiger partial charge in [-0.05, 0) is 30.5 Å². The second-order valence-electron chi connectivity index (χ2n) is 4.37. The van der Waals surface area contributed by atoms with Crippen LogP contribution in [0.1, 0.15) is 18.4 Å². The van der Waals surface area contributed by atoms with Crippen LogP contribution in [0.3, 0.4) is 0 Å². The molecule has 0 saturated heterocycles. The monoisotopic (exact) mass is 234 g/mol. The molecule has 1 saturated carbocycles. The van der Waals surface area contributed by atoms with E-state index in [2.05, 4.69) is 10.6 Å². The Kier molecular flexibility index (Phi) is 3.19. The van der Waals surface area contributed by atoms with E-state index in [0.29, 0.717) is 13.1 Å². The summed E-state index contributed by atoms with van der Waals surface area (Å²) < 4.78 is 0. The number of amides is 2. The highest BCUT2D eigenvalue weighted by Gasteiger charge is 2.45. The Morgan fingerprint density at radius 2 is 1.94 bits per heavy atom. The molecule has 0 radical (unpaired) electrons. The van der Waals surface area contributed by atoms with E-state index >= 15 is 0 Å². The molecule has 0 aliphatic heterocycles. The molecule has 0 bridgehead atoms. The molecule has 1 aliphatic carbocycles. The Morgan fingerprint density at radius 3 is 2.47 bits per heavy atom. The Balaban J connectivity index is 2.00. The number of anilines is 1. The maximum Gasteiger partial charge on any atom is 0.315 e. The van der Waals surface area contributed by atoms with Crippen molar-refractivity contribution in [3.63, 3.8) is 0 Å². The average Bonchev–Trinajstić information content (AvgIpc) is 3.08. The Labute approximate surface area is 101 Å². The van der Waals surface area contributed by atoms with Gasteiger partial charge in [-0.25, -0.2) is 4.79 Å². The normalized spacial score (nSPS) is 16.3. The summed E-state index contributed by atoms with van der Waals surface area (Å²) in [6.07, 6.45) is 1.93. The first kappa shape index (κ1) is 11.7. The van der Waals surface area contributed by atoms with E-state index in [-0.39, 0.29) is 11.6 Å². The molecule has 2 amide bonds. The Hall–Kier alpha value is -1.75. The van der Waals surface area contributed by atoms with Gasteiger partial charge in [-0.1, -0.05) is 12.1 Å². The van der Waals surface area contributed by atoms with Gasteiger partial charge in [0.05, 0.1) is 5.54 Å². The Morgan fingerprint density at radius 1 is 1.29 bits per heavy atom. The maximum absolute atomic E-state index is 11.6. The third kappa shape index (κ3) is 2.68. The minimum Gasteiger partial charge on any atom is -0.399 e. The molecule has 1 aromatic rings. The fourth-order valence-corrected chi connectivity index (χ4v) is 1.86. The van der Waals surface area contributed by atoms with Gasteiger partial charge < -0.3 is 22.1 Å². The highest BCUT2D eigenvalue weighted by molar-refractivity contribution is 5.75. The number of nitrogen functional groups attached to an aromatic ring is 1. The minimum atomic E-state index is -0.202. The van der Waals surface area contributed by atoms with Gasteiger partial charge >= 0.3 is 6.03 Å². The fourth-order valence-electron chi connectivity index (χ4n) is 1.86. The van der Waals surface area contributed by atoms with Crippen LogP contribution in [0.2, 0.25) is 0 Å². The topological polar surface area (TPSA) is 93.2 Å². The van der Waals surface area contributed by atoms with Gasteiger partial charge in [-0.3, -0.25) is 0 Å². The van der Waals surface area contributed by atoms with E-state index in [1.54, 1.807) is 0 Å². The van der Waals surface area contributed by atoms with Crippen molar-refractivity contribution in [3.8, 4) is 0 Å². The van der Waals surface area contributed by atoms with Crippen LogP contribution < -0.4 is 22.1 Å². The van der Waals surface area contributed by atoms with Gasteiger partial charge in [-0.2, -0.15) is 0 Å². The summed E-state index contributed by atoms with van der Waals surface area (Å²) in [5.74, 6) is 0. The molecule has 6 N–H and O–H groups in total. The number of nitrogens with two attached hydrogens (primary N) is 2. The summed E-state index contributed by atoms with van der Waals surface area (Å²) in [5, 5.41) is 5.70. The molecule has 5 heteroatoms. The third-order valence-electron chi connectivity index (χ3n) is 3.00. The van der Waals surface area contributed by atoms with Crippen LogP contribution in [0.25, 0.3) is 0 Å². The summed E-state index contributed by atoms with van der Waals surface area (Å²) in [6.45, 7) is 0.936. The van der Waals surface area contributed by atoms with Crippen molar-refractivity contribution in [2.24, 2.45) is 5.73 Å². The first-order valence-corrected chi connectivity index (χ1v) is 5.78. The van der Waals surface area contributed by atoms with Gasteiger partial charge in [0.1, 0.15) is 0 Å². The van der Waals surface area contributed by atoms with Gasteiger partial charge in [0, 0.05) is 18.8 Å². The molecule has 92 valence electrons. The smallest absolute Gasteiger partial charge is 0.315 e. The summed E-state index contributed by atoms with van der Waals surface area (Å²) in [7, 11) is 0. The van der Waals surface area contributed by atoms with E-state index in [4.69, 9.17) is 11.5 Å². The van der Waals surface area contributed by atoms with Gasteiger partial charge in [0.2, 0.25) is 0 Å². The number of nitrogens with one attached hydrogen (secondary N) is 2. The van der Waals surface area contributed by atoms with Crippen LogP contribution in [0.15, 0.2) is 24.3 Å². The largest absolute Gasteiger partial charge is 0.399 e. The number of hydrogen-bond donors (Lipinski definition) is 4. The van der Waals surface area contributed by atoms with E-state index in [0.717, 1.165) is 24.1 Å². The molecule has 0 unspecified atom stereocenters. The number of benzene rings is 1. The molecule has 5 nitrogen and oxygen atoms in total. The van der Waals surface area contributed by atoms with Crippen LogP contribution in [-0.4, -0.2) is 19.1 Å². The zero-order valence-corrected chi connectivity index (χ0v) is 9.70. The standard InChI is InChI=1S/C12H18N4O/c13-7-8-15-11(17)16-12(5-6-12)9-1-3-10(14)4-2-9/h1-4H,5-8,13-14H2,(H2,15,16,17). The molecule has 1 aromatic carbocycles. The molecule has 0 spiro atoms. The molecular formula is C12H18N4O. The SMILES string of the molecule is NCCNC(=O)NC1(c2ccc(N)cc2)CC1. The van der Waals surface area contributed by atoms with Crippen LogP contribution >= 0.6 is 0 Å². The zero-order chi connectivity index (χ0) is 12.3. The summed E-state index contributed by atoms with van der Waals surface area (Å²) in [5.41, 5.74) is 12.6. The molecule has 1 fully saturated rings. The molecule has 1 aliphatic rings. The van der Waals surface area contributed by atoms with Crippen LogP contribution in [0, 0.1) is 0 Å². The summed E-state index contributed by atoms with van der Waals surface area (Å²) >= 11 is 0. The van der Waals surface area contributed by atoms with Gasteiger partial charge in [-0.15, -0.1) is 0 Å². The van der Waals surface area contributed by atoms with Crippen molar-refractivity contribution < 1.29 is 4.79 Å². The highest BCUT2D eigenvalue weighted by atomic mass is 16.2. The minimum absolute atomic E-state index is 0.162. The molecule has 0 aromatic heterocycles. The number of carbonyl (C=O) groups excluding carboxylic acids is 1. The van der Waals surface area contributed by atoms with Crippen LogP contribution in [-0.2, 0) is 5.54 Å². The van der Waals surface area contributed by atoms with Crippen molar-refractivity contribution in [2.75, 3.05) is 18.8 Å². The molecule has 0 atom stereocenters. The zero-order valence-electron chi connectivity index (χ0n) is 9.70. The molecular weight excluding hydrogens is 216 g/mol. The maximum atomic E-state index is 11.6. The lowest BCUT2D eigenvalue weighted by Gasteiger charge is -2.18. The van der Waals surface area contributed by atoms with Crippen LogP contribution in [0.4, 0.5) is 10.5 Å². The summed E-state index contributed by atoms with van der Waals surface area (Å²) in [6, 6.07) is 7.48. The predicted molar refractivity (Wildman–Crippen MR) is 67.4 cm³/mol. The highest BCUT2D eigenvalue weighted by Crippen LogP contribution is 2.45. The van der Waals surface area contributed by atoms with Crippen molar-refractivity contribution in [1.29, 1.82) is 0 Å². The first-order chi connectivity index (χ1) is 8.16. The van der Waals surface area contributed by atoms with E-state index in [1.807, 2.05) is 24.3 Å². The number of carbonyl (C=O) groups is 1. The van der Waals surface area contributed by atoms with Crippen molar-refractivity contribution in [1.82, 2.24) is 10.6 Å². The second kappa shape index (κ2) is 4.63. The Bertz CT molecular complexity index is 397. The lowest BCUT2D eigenvalue weighted by atomic mass is 10.0. The fraction of sp³-hybridized carbons (Fsp3) is 0.417. The van der Waals surface area contributed by atoms with Crippen molar-refractivity contribution >= 4 is 11.7 Å². The lowest BCUT2D eigenvalue weighted by molar-refractivity contribution is 0.236. The molecule has 17 heavy (non-hydrogen) atoms. The quantitative estimate of drug-likeness (QED) is 0.572. The predicted octanol–water partition coefficient (Wildman–Crippen LogP) is 0.516.